The van der Waals surface area contributed by atoms with Crippen LogP contribution in [0, 0.1) is 5.92 Å². The minimum Gasteiger partial charge on any atom is -0.467 e. The Kier molecular flexibility index (Phi) is 1.94. The third-order valence-electron chi connectivity index (χ3n) is 1.67. The van der Waals surface area contributed by atoms with Crippen LogP contribution in [0.4, 0.5) is 0 Å². The van der Waals surface area contributed by atoms with Crippen LogP contribution in [0.25, 0.3) is 0 Å². The molecule has 2 unspecified atom stereocenters. The summed E-state index contributed by atoms with van der Waals surface area (Å²) in [6.45, 7) is 3.43. The van der Waals surface area contributed by atoms with E-state index in [2.05, 4.69) is 16.6 Å². The maximum absolute atomic E-state index is 10.8. The van der Waals surface area contributed by atoms with Gasteiger partial charge in [0.25, 0.3) is 0 Å². The summed E-state index contributed by atoms with van der Waals surface area (Å²) in [5, 5.41) is 2.41. The molecule has 0 aromatic carbocycles. The van der Waals surface area contributed by atoms with E-state index in [0.29, 0.717) is 0 Å². The molecule has 4 heteroatoms. The number of carbonyl (C=O) groups excluding carboxylic acids is 2. The molecule has 1 saturated heterocycles. The van der Waals surface area contributed by atoms with E-state index in [4.69, 9.17) is 0 Å². The van der Waals surface area contributed by atoms with Crippen molar-refractivity contribution in [2.75, 3.05) is 7.11 Å². The summed E-state index contributed by atoms with van der Waals surface area (Å²) in [5.74, 6) is -1.01. The van der Waals surface area contributed by atoms with Crippen LogP contribution in [-0.4, -0.2) is 25.0 Å². The number of amides is 1. The van der Waals surface area contributed by atoms with Crippen LogP contribution in [0.3, 0.4) is 0 Å². The van der Waals surface area contributed by atoms with Crippen molar-refractivity contribution < 1.29 is 14.3 Å². The molecule has 0 saturated carbocycles. The van der Waals surface area contributed by atoms with Crippen molar-refractivity contribution in [3.8, 4) is 0 Å². The molecule has 1 aliphatic rings. The lowest BCUT2D eigenvalue weighted by Crippen LogP contribution is -2.61. The monoisotopic (exact) mass is 155 g/mol. The van der Waals surface area contributed by atoms with E-state index in [1.54, 1.807) is 0 Å². The van der Waals surface area contributed by atoms with Gasteiger partial charge in [-0.3, -0.25) is 4.79 Å². The number of methoxy groups -OCH3 is 1. The Labute approximate surface area is 64.2 Å². The van der Waals surface area contributed by atoms with Crippen molar-refractivity contribution in [2.45, 2.75) is 6.04 Å². The molecular weight excluding hydrogens is 146 g/mol. The molecule has 11 heavy (non-hydrogen) atoms. The number of esters is 1. The molecular formula is C7H9NO3. The molecule has 0 aromatic heterocycles. The van der Waals surface area contributed by atoms with Crippen LogP contribution in [-0.2, 0) is 14.3 Å². The molecule has 1 aliphatic heterocycles. The van der Waals surface area contributed by atoms with E-state index in [0.717, 1.165) is 0 Å². The zero-order valence-corrected chi connectivity index (χ0v) is 6.16. The van der Waals surface area contributed by atoms with Crippen LogP contribution in [0.2, 0.25) is 0 Å². The molecule has 60 valence electrons. The second-order valence-corrected chi connectivity index (χ2v) is 2.27. The van der Waals surface area contributed by atoms with E-state index < -0.39 is 17.9 Å². The Bertz CT molecular complexity index is 212. The molecule has 1 N–H and O–H groups in total. The average Bonchev–Trinajstić information content (AvgIpc) is 1.99. The Morgan fingerprint density at radius 3 is 2.82 bits per heavy atom. The van der Waals surface area contributed by atoms with Crippen molar-refractivity contribution in [1.29, 1.82) is 0 Å². The highest BCUT2D eigenvalue weighted by Gasteiger charge is 2.42. The minimum absolute atomic E-state index is 0.171. The van der Waals surface area contributed by atoms with Gasteiger partial charge in [-0.05, 0) is 0 Å². The van der Waals surface area contributed by atoms with Gasteiger partial charge in [-0.1, -0.05) is 6.08 Å². The first-order valence-corrected chi connectivity index (χ1v) is 3.21. The first-order valence-electron chi connectivity index (χ1n) is 3.21. The zero-order chi connectivity index (χ0) is 8.43. The molecule has 1 fully saturated rings. The van der Waals surface area contributed by atoms with Crippen molar-refractivity contribution >= 4 is 11.9 Å². The van der Waals surface area contributed by atoms with E-state index in [1.165, 1.54) is 13.2 Å². The van der Waals surface area contributed by atoms with Crippen LogP contribution >= 0.6 is 0 Å². The molecule has 2 atom stereocenters. The highest BCUT2D eigenvalue weighted by atomic mass is 16.5. The van der Waals surface area contributed by atoms with Gasteiger partial charge >= 0.3 is 5.97 Å². The number of hydrogen-bond acceptors (Lipinski definition) is 3. The van der Waals surface area contributed by atoms with E-state index in [-0.39, 0.29) is 5.91 Å². The standard InChI is InChI=1S/C7H9NO3/c1-3-4-5(7(10)11-2)8-6(4)9/h3-5H,1H2,2H3,(H,8,9). The van der Waals surface area contributed by atoms with Crippen LogP contribution in [0.1, 0.15) is 0 Å². The Balaban J connectivity index is 2.57. The van der Waals surface area contributed by atoms with Crippen molar-refractivity contribution in [1.82, 2.24) is 5.32 Å². The van der Waals surface area contributed by atoms with Gasteiger partial charge in [-0.15, -0.1) is 6.58 Å². The molecule has 1 heterocycles. The summed E-state index contributed by atoms with van der Waals surface area (Å²) < 4.78 is 4.43. The molecule has 0 aromatic rings. The SMILES string of the molecule is C=CC1C(=O)NC1C(=O)OC. The molecule has 1 rings (SSSR count). The normalized spacial score (nSPS) is 28.3. The van der Waals surface area contributed by atoms with E-state index >= 15 is 0 Å². The van der Waals surface area contributed by atoms with Gasteiger partial charge in [0.2, 0.25) is 5.91 Å². The van der Waals surface area contributed by atoms with Crippen LogP contribution < -0.4 is 5.32 Å². The second-order valence-electron chi connectivity index (χ2n) is 2.27. The van der Waals surface area contributed by atoms with Crippen LogP contribution in [0.5, 0.6) is 0 Å². The minimum atomic E-state index is -0.523. The predicted octanol–water partition coefficient (Wildman–Crippen LogP) is -0.540. The Hall–Kier alpha value is -1.32. The summed E-state index contributed by atoms with van der Waals surface area (Å²) in [7, 11) is 1.28. The molecule has 0 bridgehead atoms. The number of rotatable bonds is 2. The third kappa shape index (κ3) is 1.11. The quantitative estimate of drug-likeness (QED) is 0.331. The van der Waals surface area contributed by atoms with Gasteiger partial charge in [-0.25, -0.2) is 4.79 Å². The largest absolute Gasteiger partial charge is 0.467 e. The summed E-state index contributed by atoms with van der Waals surface area (Å²) >= 11 is 0. The number of carbonyl (C=O) groups is 2. The number of nitrogens with one attached hydrogen (secondary N) is 1. The smallest absolute Gasteiger partial charge is 0.329 e. The summed E-state index contributed by atoms with van der Waals surface area (Å²) in [6.07, 6.45) is 1.44. The summed E-state index contributed by atoms with van der Waals surface area (Å²) in [5.41, 5.74) is 0. The Morgan fingerprint density at radius 1 is 1.82 bits per heavy atom. The number of β-lactam (4-membered cyclic amide) rings is 1. The third-order valence-corrected chi connectivity index (χ3v) is 1.67. The lowest BCUT2D eigenvalue weighted by atomic mass is 9.91. The fourth-order valence-electron chi connectivity index (χ4n) is 0.970. The molecule has 1 amide bonds. The van der Waals surface area contributed by atoms with Gasteiger partial charge in [0.15, 0.2) is 0 Å². The van der Waals surface area contributed by atoms with Gasteiger partial charge in [0, 0.05) is 0 Å². The first-order chi connectivity index (χ1) is 5.20. The highest BCUT2D eigenvalue weighted by Crippen LogP contribution is 2.16. The topological polar surface area (TPSA) is 55.4 Å². The number of hydrogen-bond donors (Lipinski definition) is 1. The average molecular weight is 155 g/mol. The van der Waals surface area contributed by atoms with Crippen LogP contribution in [0.15, 0.2) is 12.7 Å². The first kappa shape index (κ1) is 7.78. The number of ether oxygens (including phenoxy) is 1. The summed E-state index contributed by atoms with van der Waals surface area (Å²) in [4.78, 5) is 21.5. The maximum Gasteiger partial charge on any atom is 0.329 e. The second kappa shape index (κ2) is 2.74. The fraction of sp³-hybridized carbons (Fsp3) is 0.429. The van der Waals surface area contributed by atoms with Gasteiger partial charge in [0.05, 0.1) is 13.0 Å². The van der Waals surface area contributed by atoms with Gasteiger partial charge < -0.3 is 10.1 Å². The molecule has 0 radical (unpaired) electrons. The Morgan fingerprint density at radius 2 is 2.45 bits per heavy atom. The maximum atomic E-state index is 10.8. The lowest BCUT2D eigenvalue weighted by Gasteiger charge is -2.31. The molecule has 4 nitrogen and oxygen atoms in total. The van der Waals surface area contributed by atoms with E-state index in [9.17, 15) is 9.59 Å². The lowest BCUT2D eigenvalue weighted by molar-refractivity contribution is -0.153. The summed E-state index contributed by atoms with van der Waals surface area (Å²) in [6, 6.07) is -0.523. The van der Waals surface area contributed by atoms with Crippen molar-refractivity contribution in [3.63, 3.8) is 0 Å². The van der Waals surface area contributed by atoms with E-state index in [1.807, 2.05) is 0 Å². The van der Waals surface area contributed by atoms with Gasteiger partial charge in [0.1, 0.15) is 6.04 Å². The molecule has 0 aliphatic carbocycles. The van der Waals surface area contributed by atoms with Gasteiger partial charge in [-0.2, -0.15) is 0 Å². The predicted molar refractivity (Wildman–Crippen MR) is 37.6 cm³/mol. The zero-order valence-electron chi connectivity index (χ0n) is 6.16. The highest BCUT2D eigenvalue weighted by molar-refractivity contribution is 5.98. The molecule has 0 spiro atoms. The van der Waals surface area contributed by atoms with Crippen molar-refractivity contribution in [3.05, 3.63) is 12.7 Å². The van der Waals surface area contributed by atoms with Crippen molar-refractivity contribution in [2.24, 2.45) is 5.92 Å². The fourth-order valence-corrected chi connectivity index (χ4v) is 0.970.